The van der Waals surface area contributed by atoms with Gasteiger partial charge < -0.3 is 15.1 Å². The van der Waals surface area contributed by atoms with E-state index < -0.39 is 0 Å². The molecule has 1 aliphatic rings. The van der Waals surface area contributed by atoms with Crippen molar-refractivity contribution in [2.24, 2.45) is 0 Å². The summed E-state index contributed by atoms with van der Waals surface area (Å²) in [5.74, 6) is 2.71. The highest BCUT2D eigenvalue weighted by Gasteiger charge is 2.21. The molecule has 0 bridgehead atoms. The van der Waals surface area contributed by atoms with Crippen LogP contribution in [0.4, 0.5) is 11.8 Å². The number of hydrogen-bond acceptors (Lipinski definition) is 7. The van der Waals surface area contributed by atoms with Crippen molar-refractivity contribution < 1.29 is 4.79 Å². The highest BCUT2D eigenvalue weighted by atomic mass is 32.2. The predicted molar refractivity (Wildman–Crippen MR) is 110 cm³/mol. The maximum atomic E-state index is 12.8. The predicted octanol–water partition coefficient (Wildman–Crippen LogP) is 2.39. The van der Waals surface area contributed by atoms with Crippen LogP contribution in [-0.4, -0.2) is 70.5 Å². The van der Waals surface area contributed by atoms with E-state index in [1.807, 2.05) is 34.9 Å². The van der Waals surface area contributed by atoms with E-state index in [-0.39, 0.29) is 5.91 Å². The molecule has 144 valence electrons. The van der Waals surface area contributed by atoms with Crippen molar-refractivity contribution in [1.29, 1.82) is 0 Å². The zero-order valence-electron chi connectivity index (χ0n) is 15.7. The number of thioether (sulfide) groups is 1. The van der Waals surface area contributed by atoms with Gasteiger partial charge in [-0.1, -0.05) is 0 Å². The molecule has 0 saturated carbocycles. The number of pyridine rings is 1. The Balaban J connectivity index is 1.54. The maximum absolute atomic E-state index is 12.8. The lowest BCUT2D eigenvalue weighted by Gasteiger charge is -2.22. The van der Waals surface area contributed by atoms with E-state index in [1.165, 1.54) is 0 Å². The SMILES string of the molecule is CSCCCNc1ccc(C(=O)N2CCCN(c3ncccn3)CC2)cn1. The molecule has 0 aliphatic carbocycles. The Hall–Kier alpha value is -2.35. The van der Waals surface area contributed by atoms with Crippen molar-refractivity contribution >= 4 is 29.4 Å². The van der Waals surface area contributed by atoms with E-state index in [1.54, 1.807) is 18.6 Å². The monoisotopic (exact) mass is 386 g/mol. The van der Waals surface area contributed by atoms with Crippen molar-refractivity contribution in [1.82, 2.24) is 19.9 Å². The van der Waals surface area contributed by atoms with Crippen molar-refractivity contribution in [3.05, 3.63) is 42.4 Å². The molecule has 0 atom stereocenters. The van der Waals surface area contributed by atoms with Gasteiger partial charge in [0, 0.05) is 51.3 Å². The molecule has 3 rings (SSSR count). The van der Waals surface area contributed by atoms with E-state index in [4.69, 9.17) is 0 Å². The first-order valence-corrected chi connectivity index (χ1v) is 10.7. The first kappa shape index (κ1) is 19.4. The fourth-order valence-corrected chi connectivity index (χ4v) is 3.45. The van der Waals surface area contributed by atoms with Gasteiger partial charge in [0.15, 0.2) is 0 Å². The number of nitrogens with one attached hydrogen (secondary N) is 1. The molecule has 2 aromatic heterocycles. The minimum Gasteiger partial charge on any atom is -0.370 e. The number of carbonyl (C=O) groups excluding carboxylic acids is 1. The smallest absolute Gasteiger partial charge is 0.255 e. The van der Waals surface area contributed by atoms with Crippen LogP contribution in [0.2, 0.25) is 0 Å². The lowest BCUT2D eigenvalue weighted by molar-refractivity contribution is 0.0766. The Morgan fingerprint density at radius 3 is 2.74 bits per heavy atom. The minimum atomic E-state index is 0.0345. The van der Waals surface area contributed by atoms with Gasteiger partial charge in [0.25, 0.3) is 5.91 Å². The number of aromatic nitrogens is 3. The summed E-state index contributed by atoms with van der Waals surface area (Å²) in [6.45, 7) is 3.87. The van der Waals surface area contributed by atoms with Crippen LogP contribution in [0.3, 0.4) is 0 Å². The fraction of sp³-hybridized carbons (Fsp3) is 0.474. The molecular weight excluding hydrogens is 360 g/mol. The van der Waals surface area contributed by atoms with Gasteiger partial charge in [-0.05, 0) is 43.0 Å². The van der Waals surface area contributed by atoms with Crippen LogP contribution >= 0.6 is 11.8 Å². The molecule has 1 amide bonds. The van der Waals surface area contributed by atoms with E-state index in [0.29, 0.717) is 12.1 Å². The Kier molecular flexibility index (Phi) is 7.27. The van der Waals surface area contributed by atoms with Crippen molar-refractivity contribution in [3.63, 3.8) is 0 Å². The number of anilines is 2. The van der Waals surface area contributed by atoms with E-state index in [9.17, 15) is 4.79 Å². The second-order valence-electron chi connectivity index (χ2n) is 6.39. The van der Waals surface area contributed by atoms with Gasteiger partial charge in [0.2, 0.25) is 5.95 Å². The van der Waals surface area contributed by atoms with Crippen LogP contribution < -0.4 is 10.2 Å². The van der Waals surface area contributed by atoms with Crippen molar-refractivity contribution in [2.75, 3.05) is 54.9 Å². The zero-order valence-corrected chi connectivity index (χ0v) is 16.5. The third-order valence-electron chi connectivity index (χ3n) is 4.46. The normalized spacial score (nSPS) is 14.7. The third-order valence-corrected chi connectivity index (χ3v) is 5.16. The molecule has 7 nitrogen and oxygen atoms in total. The molecule has 0 spiro atoms. The summed E-state index contributed by atoms with van der Waals surface area (Å²) in [5.41, 5.74) is 0.633. The van der Waals surface area contributed by atoms with Crippen LogP contribution in [0.15, 0.2) is 36.8 Å². The third kappa shape index (κ3) is 5.56. The Morgan fingerprint density at radius 1 is 1.15 bits per heavy atom. The van der Waals surface area contributed by atoms with Crippen molar-refractivity contribution in [3.8, 4) is 0 Å². The molecule has 0 radical (unpaired) electrons. The van der Waals surface area contributed by atoms with Crippen molar-refractivity contribution in [2.45, 2.75) is 12.8 Å². The van der Waals surface area contributed by atoms with Crippen LogP contribution in [0.5, 0.6) is 0 Å². The van der Waals surface area contributed by atoms with Gasteiger partial charge in [-0.25, -0.2) is 15.0 Å². The number of carbonyl (C=O) groups is 1. The summed E-state index contributed by atoms with van der Waals surface area (Å²) >= 11 is 1.84. The topological polar surface area (TPSA) is 74.2 Å². The first-order chi connectivity index (χ1) is 13.3. The molecule has 1 saturated heterocycles. The van der Waals surface area contributed by atoms with Crippen LogP contribution in [0, 0.1) is 0 Å². The average molecular weight is 387 g/mol. The summed E-state index contributed by atoms with van der Waals surface area (Å²) in [6.07, 6.45) is 9.26. The number of amides is 1. The molecule has 8 heteroatoms. The standard InChI is InChI=1S/C19H26N6OS/c1-27-14-3-9-20-17-6-5-16(15-23-17)18(26)24-10-4-11-25(13-12-24)19-21-7-2-8-22-19/h2,5-8,15H,3-4,9-14H2,1H3,(H,20,23). The summed E-state index contributed by atoms with van der Waals surface area (Å²) in [7, 11) is 0. The van der Waals surface area contributed by atoms with Gasteiger partial charge in [0.05, 0.1) is 5.56 Å². The van der Waals surface area contributed by atoms with Gasteiger partial charge in [-0.3, -0.25) is 4.79 Å². The summed E-state index contributed by atoms with van der Waals surface area (Å²) in [4.78, 5) is 29.8. The summed E-state index contributed by atoms with van der Waals surface area (Å²) in [5, 5.41) is 3.29. The average Bonchev–Trinajstić information content (AvgIpc) is 2.98. The van der Waals surface area contributed by atoms with Gasteiger partial charge in [-0.2, -0.15) is 11.8 Å². The molecule has 0 aromatic carbocycles. The number of nitrogens with zero attached hydrogens (tertiary/aromatic N) is 5. The first-order valence-electron chi connectivity index (χ1n) is 9.28. The van der Waals surface area contributed by atoms with Crippen LogP contribution in [0.25, 0.3) is 0 Å². The lowest BCUT2D eigenvalue weighted by Crippen LogP contribution is -2.35. The number of rotatable bonds is 7. The molecule has 1 aliphatic heterocycles. The summed E-state index contributed by atoms with van der Waals surface area (Å²) < 4.78 is 0. The zero-order chi connectivity index (χ0) is 18.9. The van der Waals surface area contributed by atoms with Crippen LogP contribution in [-0.2, 0) is 0 Å². The molecule has 3 heterocycles. The molecular formula is C19H26N6OS. The van der Waals surface area contributed by atoms with E-state index >= 15 is 0 Å². The van der Waals surface area contributed by atoms with Gasteiger partial charge >= 0.3 is 0 Å². The second kappa shape index (κ2) is 10.1. The number of hydrogen-bond donors (Lipinski definition) is 1. The van der Waals surface area contributed by atoms with E-state index in [2.05, 4.69) is 31.4 Å². The quantitative estimate of drug-likeness (QED) is 0.732. The highest BCUT2D eigenvalue weighted by Crippen LogP contribution is 2.13. The van der Waals surface area contributed by atoms with Crippen LogP contribution in [0.1, 0.15) is 23.2 Å². The molecule has 0 unspecified atom stereocenters. The molecule has 27 heavy (non-hydrogen) atoms. The Labute approximate surface area is 164 Å². The largest absolute Gasteiger partial charge is 0.370 e. The minimum absolute atomic E-state index is 0.0345. The lowest BCUT2D eigenvalue weighted by atomic mass is 10.2. The molecule has 2 aromatic rings. The molecule has 1 N–H and O–H groups in total. The van der Waals surface area contributed by atoms with Gasteiger partial charge in [-0.15, -0.1) is 0 Å². The Bertz CT molecular complexity index is 712. The summed E-state index contributed by atoms with van der Waals surface area (Å²) in [6, 6.07) is 5.55. The fourth-order valence-electron chi connectivity index (χ4n) is 3.02. The highest BCUT2D eigenvalue weighted by molar-refractivity contribution is 7.98. The van der Waals surface area contributed by atoms with Gasteiger partial charge in [0.1, 0.15) is 5.82 Å². The Morgan fingerprint density at radius 2 is 2.00 bits per heavy atom. The second-order valence-corrected chi connectivity index (χ2v) is 7.37. The van der Waals surface area contributed by atoms with E-state index in [0.717, 1.165) is 56.5 Å². The maximum Gasteiger partial charge on any atom is 0.255 e. The molecule has 1 fully saturated rings.